The molecule has 2 heterocycles. The molecule has 0 spiro atoms. The molecule has 2 saturated heterocycles. The van der Waals surface area contributed by atoms with Gasteiger partial charge in [-0.25, -0.2) is 0 Å². The largest absolute Gasteiger partial charge is 0.375 e. The van der Waals surface area contributed by atoms with Gasteiger partial charge in [0, 0.05) is 24.7 Å². The Hall–Kier alpha value is -0.160. The first-order valence-corrected chi connectivity index (χ1v) is 7.74. The topological polar surface area (TPSA) is 41.7 Å². The van der Waals surface area contributed by atoms with Gasteiger partial charge in [0.05, 0.1) is 12.2 Å². The van der Waals surface area contributed by atoms with Crippen molar-refractivity contribution in [2.24, 2.45) is 5.73 Å². The summed E-state index contributed by atoms with van der Waals surface area (Å²) in [5, 5.41) is 0. The number of rotatable bonds is 3. The number of nitrogens with zero attached hydrogens (tertiary/aromatic N) is 2. The minimum Gasteiger partial charge on any atom is -0.375 e. The third-order valence-electron chi connectivity index (χ3n) is 5.07. The van der Waals surface area contributed by atoms with E-state index in [0.717, 1.165) is 19.4 Å². The summed E-state index contributed by atoms with van der Waals surface area (Å²) in [5.41, 5.74) is 6.32. The van der Waals surface area contributed by atoms with E-state index in [-0.39, 0.29) is 5.54 Å². The predicted octanol–water partition coefficient (Wildman–Crippen LogP) is 1.30. The summed E-state index contributed by atoms with van der Waals surface area (Å²) >= 11 is 0. The highest BCUT2D eigenvalue weighted by Gasteiger charge is 2.43. The monoisotopic (exact) mass is 269 g/mol. The third-order valence-corrected chi connectivity index (χ3v) is 5.07. The number of likely N-dealkylation sites (N-methyl/N-ethyl adjacent to an activating group) is 2. The first kappa shape index (κ1) is 15.2. The minimum atomic E-state index is 0.125. The molecule has 2 fully saturated rings. The van der Waals surface area contributed by atoms with E-state index in [1.54, 1.807) is 0 Å². The van der Waals surface area contributed by atoms with Crippen molar-refractivity contribution in [1.29, 1.82) is 0 Å². The molecule has 0 aliphatic carbocycles. The molecule has 19 heavy (non-hydrogen) atoms. The molecule has 0 aromatic heterocycles. The Labute approximate surface area is 118 Å². The number of hydrogen-bond acceptors (Lipinski definition) is 4. The first-order valence-electron chi connectivity index (χ1n) is 7.74. The average Bonchev–Trinajstić information content (AvgIpc) is 2.36. The van der Waals surface area contributed by atoms with E-state index in [2.05, 4.69) is 37.7 Å². The number of ether oxygens (including phenoxy) is 1. The van der Waals surface area contributed by atoms with E-state index in [1.165, 1.54) is 25.9 Å². The SMILES string of the molecule is CC1CC(CN)(N(C)C2CCCN(C)C2)CC(C)O1. The Balaban J connectivity index is 2.10. The third kappa shape index (κ3) is 3.30. The normalized spacial score (nSPS) is 41.7. The lowest BCUT2D eigenvalue weighted by molar-refractivity contribution is -0.110. The Kier molecular flexibility index (Phi) is 4.88. The van der Waals surface area contributed by atoms with Crippen LogP contribution < -0.4 is 5.73 Å². The molecule has 0 aromatic carbocycles. The Morgan fingerprint density at radius 2 is 1.95 bits per heavy atom. The van der Waals surface area contributed by atoms with Crippen LogP contribution in [-0.2, 0) is 4.74 Å². The molecule has 2 rings (SSSR count). The van der Waals surface area contributed by atoms with Crippen LogP contribution in [0.15, 0.2) is 0 Å². The van der Waals surface area contributed by atoms with Crippen LogP contribution in [0.5, 0.6) is 0 Å². The Morgan fingerprint density at radius 1 is 1.32 bits per heavy atom. The Morgan fingerprint density at radius 3 is 2.47 bits per heavy atom. The van der Waals surface area contributed by atoms with Gasteiger partial charge in [0.15, 0.2) is 0 Å². The van der Waals surface area contributed by atoms with Crippen molar-refractivity contribution in [3.05, 3.63) is 0 Å². The van der Waals surface area contributed by atoms with E-state index < -0.39 is 0 Å². The first-order chi connectivity index (χ1) is 8.97. The zero-order valence-electron chi connectivity index (χ0n) is 13.1. The zero-order chi connectivity index (χ0) is 14.0. The molecular weight excluding hydrogens is 238 g/mol. The highest BCUT2D eigenvalue weighted by molar-refractivity contribution is 4.99. The van der Waals surface area contributed by atoms with Crippen LogP contribution in [0.4, 0.5) is 0 Å². The van der Waals surface area contributed by atoms with Crippen molar-refractivity contribution in [2.45, 2.75) is 63.3 Å². The maximum Gasteiger partial charge on any atom is 0.0568 e. The van der Waals surface area contributed by atoms with Crippen LogP contribution in [0.3, 0.4) is 0 Å². The van der Waals surface area contributed by atoms with Gasteiger partial charge in [0.1, 0.15) is 0 Å². The molecule has 4 heteroatoms. The summed E-state index contributed by atoms with van der Waals surface area (Å²) < 4.78 is 5.91. The fraction of sp³-hybridized carbons (Fsp3) is 1.00. The number of piperidine rings is 1. The van der Waals surface area contributed by atoms with Gasteiger partial charge in [-0.1, -0.05) is 0 Å². The highest BCUT2D eigenvalue weighted by Crippen LogP contribution is 2.35. The molecule has 0 radical (unpaired) electrons. The maximum absolute atomic E-state index is 6.19. The lowest BCUT2D eigenvalue weighted by Gasteiger charge is -2.52. The number of nitrogens with two attached hydrogens (primary N) is 1. The number of hydrogen-bond donors (Lipinski definition) is 1. The zero-order valence-corrected chi connectivity index (χ0v) is 13.1. The van der Waals surface area contributed by atoms with Crippen LogP contribution in [0.1, 0.15) is 39.5 Å². The molecule has 2 aliphatic rings. The molecule has 0 bridgehead atoms. The molecular formula is C15H31N3O. The molecule has 0 aromatic rings. The van der Waals surface area contributed by atoms with Crippen molar-refractivity contribution in [2.75, 3.05) is 33.7 Å². The second-order valence-electron chi connectivity index (χ2n) is 6.76. The summed E-state index contributed by atoms with van der Waals surface area (Å²) in [4.78, 5) is 5.03. The van der Waals surface area contributed by atoms with E-state index in [0.29, 0.717) is 18.2 Å². The predicted molar refractivity (Wildman–Crippen MR) is 79.3 cm³/mol. The van der Waals surface area contributed by atoms with E-state index in [9.17, 15) is 0 Å². The molecule has 2 aliphatic heterocycles. The van der Waals surface area contributed by atoms with E-state index in [4.69, 9.17) is 10.5 Å². The van der Waals surface area contributed by atoms with Crippen molar-refractivity contribution < 1.29 is 4.74 Å². The fourth-order valence-corrected chi connectivity index (χ4v) is 4.09. The van der Waals surface area contributed by atoms with Crippen LogP contribution in [-0.4, -0.2) is 67.3 Å². The second kappa shape index (κ2) is 6.08. The van der Waals surface area contributed by atoms with Crippen molar-refractivity contribution >= 4 is 0 Å². The molecule has 3 unspecified atom stereocenters. The summed E-state index contributed by atoms with van der Waals surface area (Å²) in [6, 6.07) is 0.639. The quantitative estimate of drug-likeness (QED) is 0.838. The van der Waals surface area contributed by atoms with Gasteiger partial charge in [-0.15, -0.1) is 0 Å². The standard InChI is InChI=1S/C15H31N3O/c1-12-8-15(11-16,9-13(2)19-12)18(4)14-6-5-7-17(3)10-14/h12-14H,5-11,16H2,1-4H3. The van der Waals surface area contributed by atoms with Gasteiger partial charge in [0.25, 0.3) is 0 Å². The van der Waals surface area contributed by atoms with Gasteiger partial charge < -0.3 is 15.4 Å². The van der Waals surface area contributed by atoms with Crippen molar-refractivity contribution in [3.63, 3.8) is 0 Å². The smallest absolute Gasteiger partial charge is 0.0568 e. The van der Waals surface area contributed by atoms with Gasteiger partial charge in [0.2, 0.25) is 0 Å². The molecule has 0 saturated carbocycles. The van der Waals surface area contributed by atoms with Gasteiger partial charge in [-0.3, -0.25) is 4.90 Å². The van der Waals surface area contributed by atoms with Gasteiger partial charge in [-0.05, 0) is 60.2 Å². The van der Waals surface area contributed by atoms with Crippen LogP contribution >= 0.6 is 0 Å². The van der Waals surface area contributed by atoms with Crippen LogP contribution in [0.25, 0.3) is 0 Å². The molecule has 112 valence electrons. The Bertz CT molecular complexity index is 287. The number of likely N-dealkylation sites (tertiary alicyclic amines) is 1. The van der Waals surface area contributed by atoms with Crippen molar-refractivity contribution in [1.82, 2.24) is 9.80 Å². The van der Waals surface area contributed by atoms with Crippen molar-refractivity contribution in [3.8, 4) is 0 Å². The van der Waals surface area contributed by atoms with E-state index in [1.807, 2.05) is 0 Å². The van der Waals surface area contributed by atoms with Gasteiger partial charge >= 0.3 is 0 Å². The van der Waals surface area contributed by atoms with E-state index >= 15 is 0 Å². The summed E-state index contributed by atoms with van der Waals surface area (Å²) in [7, 11) is 4.51. The van der Waals surface area contributed by atoms with Crippen LogP contribution in [0.2, 0.25) is 0 Å². The molecule has 0 amide bonds. The average molecular weight is 269 g/mol. The minimum absolute atomic E-state index is 0.125. The maximum atomic E-state index is 6.19. The summed E-state index contributed by atoms with van der Waals surface area (Å²) in [6.45, 7) is 7.50. The summed E-state index contributed by atoms with van der Waals surface area (Å²) in [6.07, 6.45) is 5.35. The molecule has 4 nitrogen and oxygen atoms in total. The van der Waals surface area contributed by atoms with Gasteiger partial charge in [-0.2, -0.15) is 0 Å². The lowest BCUT2D eigenvalue weighted by atomic mass is 9.81. The highest BCUT2D eigenvalue weighted by atomic mass is 16.5. The molecule has 3 atom stereocenters. The van der Waals surface area contributed by atoms with Crippen LogP contribution in [0, 0.1) is 0 Å². The summed E-state index contributed by atoms with van der Waals surface area (Å²) in [5.74, 6) is 0. The molecule has 2 N–H and O–H groups in total. The second-order valence-corrected chi connectivity index (χ2v) is 6.76. The fourth-order valence-electron chi connectivity index (χ4n) is 4.09. The lowest BCUT2D eigenvalue weighted by Crippen LogP contribution is -2.63.